The van der Waals surface area contributed by atoms with E-state index in [-0.39, 0.29) is 0 Å². The molecule has 24 heavy (non-hydrogen) atoms. The lowest BCUT2D eigenvalue weighted by molar-refractivity contribution is 0.847. The highest BCUT2D eigenvalue weighted by molar-refractivity contribution is 5.90. The molecule has 116 valence electrons. The molecule has 0 atom stereocenters. The lowest BCUT2D eigenvalue weighted by atomic mass is 9.83. The summed E-state index contributed by atoms with van der Waals surface area (Å²) < 4.78 is 0. The monoisotopic (exact) mass is 308 g/mol. The predicted molar refractivity (Wildman–Crippen MR) is 105 cm³/mol. The summed E-state index contributed by atoms with van der Waals surface area (Å²) in [6, 6.07) is 30.5. The van der Waals surface area contributed by atoms with E-state index in [4.69, 9.17) is 0 Å². The van der Waals surface area contributed by atoms with Crippen LogP contribution in [0.25, 0.3) is 21.5 Å². The van der Waals surface area contributed by atoms with Crippen LogP contribution in [0.15, 0.2) is 97.6 Å². The normalized spacial score (nSPS) is 11.2. The van der Waals surface area contributed by atoms with Crippen LogP contribution in [0, 0.1) is 0 Å². The molecule has 0 radical (unpaired) electrons. The maximum atomic E-state index is 4.01. The average molecular weight is 308 g/mol. The minimum Gasteiger partial charge on any atom is -0.103 e. The smallest absolute Gasteiger partial charge is 0.0136 e. The second kappa shape index (κ2) is 6.33. The molecule has 0 heteroatoms. The molecule has 0 saturated heterocycles. The van der Waals surface area contributed by atoms with Crippen LogP contribution >= 0.6 is 0 Å². The van der Waals surface area contributed by atoms with E-state index in [1.165, 1.54) is 32.7 Å². The molecule has 0 aliphatic rings. The van der Waals surface area contributed by atoms with Crippen LogP contribution in [0.3, 0.4) is 0 Å². The number of fused-ring (bicyclic) bond motifs is 2. The van der Waals surface area contributed by atoms with E-state index in [0.29, 0.717) is 5.92 Å². The lowest BCUT2D eigenvalue weighted by Crippen LogP contribution is -2.02. The molecular formula is C24H20. The molecule has 0 heterocycles. The topological polar surface area (TPSA) is 0 Å². The van der Waals surface area contributed by atoms with Crippen molar-refractivity contribution in [3.8, 4) is 0 Å². The summed E-state index contributed by atoms with van der Waals surface area (Å²) in [7, 11) is 0. The highest BCUT2D eigenvalue weighted by Gasteiger charge is 2.17. The van der Waals surface area contributed by atoms with E-state index in [1.54, 1.807) is 0 Å². The first-order valence-corrected chi connectivity index (χ1v) is 8.44. The maximum absolute atomic E-state index is 4.01. The third-order valence-corrected chi connectivity index (χ3v) is 4.80. The summed E-state index contributed by atoms with van der Waals surface area (Å²) >= 11 is 0. The highest BCUT2D eigenvalue weighted by Crippen LogP contribution is 2.36. The Morgan fingerprint density at radius 1 is 0.625 bits per heavy atom. The van der Waals surface area contributed by atoms with E-state index in [2.05, 4.69) is 91.5 Å². The second-order valence-corrected chi connectivity index (χ2v) is 6.21. The fraction of sp³-hybridized carbons (Fsp3) is 0.0833. The van der Waals surface area contributed by atoms with Gasteiger partial charge in [0.15, 0.2) is 0 Å². The zero-order valence-electron chi connectivity index (χ0n) is 13.7. The van der Waals surface area contributed by atoms with Crippen molar-refractivity contribution in [1.82, 2.24) is 0 Å². The molecule has 0 N–H and O–H groups in total. The quantitative estimate of drug-likeness (QED) is 0.368. The maximum Gasteiger partial charge on any atom is 0.0136 e. The van der Waals surface area contributed by atoms with Crippen molar-refractivity contribution < 1.29 is 0 Å². The molecule has 0 saturated carbocycles. The standard InChI is InChI=1S/C24H20/c1-2-9-22(23-16-7-12-18-10-3-5-14-20(18)23)24-17-8-13-19-11-4-6-15-21(19)24/h2-8,10-17,22H,1,9H2. The van der Waals surface area contributed by atoms with Crippen molar-refractivity contribution in [2.75, 3.05) is 0 Å². The third kappa shape index (κ3) is 2.51. The molecule has 0 spiro atoms. The van der Waals surface area contributed by atoms with Crippen molar-refractivity contribution in [2.45, 2.75) is 12.3 Å². The van der Waals surface area contributed by atoms with Crippen LogP contribution in [0.5, 0.6) is 0 Å². The summed E-state index contributed by atoms with van der Waals surface area (Å²) in [5.74, 6) is 0.319. The average Bonchev–Trinajstić information content (AvgIpc) is 2.65. The van der Waals surface area contributed by atoms with Gasteiger partial charge in [0.1, 0.15) is 0 Å². The Morgan fingerprint density at radius 2 is 1.08 bits per heavy atom. The zero-order chi connectivity index (χ0) is 16.4. The lowest BCUT2D eigenvalue weighted by Gasteiger charge is -2.20. The predicted octanol–water partition coefficient (Wildman–Crippen LogP) is 6.70. The fourth-order valence-corrected chi connectivity index (χ4v) is 3.70. The molecule has 0 aliphatic heterocycles. The minimum atomic E-state index is 0.319. The van der Waals surface area contributed by atoms with Crippen LogP contribution in [-0.2, 0) is 0 Å². The molecule has 0 unspecified atom stereocenters. The van der Waals surface area contributed by atoms with Crippen LogP contribution in [0.1, 0.15) is 23.5 Å². The Morgan fingerprint density at radius 3 is 1.58 bits per heavy atom. The fourth-order valence-electron chi connectivity index (χ4n) is 3.70. The molecule has 0 aromatic heterocycles. The van der Waals surface area contributed by atoms with Gasteiger partial charge in [-0.1, -0.05) is 91.0 Å². The van der Waals surface area contributed by atoms with Gasteiger partial charge in [0.05, 0.1) is 0 Å². The SMILES string of the molecule is C=CCC(c1cccc2ccccc12)c1cccc2ccccc12. The molecule has 4 rings (SSSR count). The van der Waals surface area contributed by atoms with Gasteiger partial charge in [-0.3, -0.25) is 0 Å². The second-order valence-electron chi connectivity index (χ2n) is 6.21. The first kappa shape index (κ1) is 14.7. The first-order chi connectivity index (χ1) is 11.9. The number of hydrogen-bond acceptors (Lipinski definition) is 0. The van der Waals surface area contributed by atoms with Crippen LogP contribution in [0.4, 0.5) is 0 Å². The molecule has 0 fully saturated rings. The third-order valence-electron chi connectivity index (χ3n) is 4.80. The van der Waals surface area contributed by atoms with E-state index in [9.17, 15) is 0 Å². The Balaban J connectivity index is 1.98. The van der Waals surface area contributed by atoms with Crippen molar-refractivity contribution in [3.05, 3.63) is 109 Å². The summed E-state index contributed by atoms with van der Waals surface area (Å²) in [6.45, 7) is 4.01. The van der Waals surface area contributed by atoms with Gasteiger partial charge in [0.2, 0.25) is 0 Å². The van der Waals surface area contributed by atoms with Gasteiger partial charge in [-0.15, -0.1) is 6.58 Å². The zero-order valence-corrected chi connectivity index (χ0v) is 13.7. The molecule has 4 aromatic carbocycles. The number of allylic oxidation sites excluding steroid dienone is 1. The van der Waals surface area contributed by atoms with Gasteiger partial charge < -0.3 is 0 Å². The van der Waals surface area contributed by atoms with E-state index in [0.717, 1.165) is 6.42 Å². The summed E-state index contributed by atoms with van der Waals surface area (Å²) in [5, 5.41) is 5.26. The molecule has 4 aromatic rings. The number of rotatable bonds is 4. The van der Waals surface area contributed by atoms with Crippen molar-refractivity contribution >= 4 is 21.5 Å². The summed E-state index contributed by atoms with van der Waals surface area (Å²) in [4.78, 5) is 0. The van der Waals surface area contributed by atoms with E-state index in [1.807, 2.05) is 6.08 Å². The van der Waals surface area contributed by atoms with Crippen LogP contribution in [0.2, 0.25) is 0 Å². The van der Waals surface area contributed by atoms with Crippen LogP contribution < -0.4 is 0 Å². The Hall–Kier alpha value is -2.86. The first-order valence-electron chi connectivity index (χ1n) is 8.44. The van der Waals surface area contributed by atoms with Crippen molar-refractivity contribution in [1.29, 1.82) is 0 Å². The largest absolute Gasteiger partial charge is 0.103 e. The van der Waals surface area contributed by atoms with Gasteiger partial charge >= 0.3 is 0 Å². The number of benzene rings is 4. The molecule has 0 amide bonds. The molecule has 0 aliphatic carbocycles. The van der Waals surface area contributed by atoms with Gasteiger partial charge in [-0.2, -0.15) is 0 Å². The Labute approximate surface area is 143 Å². The van der Waals surface area contributed by atoms with Gasteiger partial charge in [0, 0.05) is 5.92 Å². The van der Waals surface area contributed by atoms with Crippen LogP contribution in [-0.4, -0.2) is 0 Å². The molecular weight excluding hydrogens is 288 g/mol. The number of hydrogen-bond donors (Lipinski definition) is 0. The van der Waals surface area contributed by atoms with Crippen molar-refractivity contribution in [2.24, 2.45) is 0 Å². The molecule has 0 bridgehead atoms. The van der Waals surface area contributed by atoms with Gasteiger partial charge in [0.25, 0.3) is 0 Å². The minimum absolute atomic E-state index is 0.319. The van der Waals surface area contributed by atoms with Crippen molar-refractivity contribution in [3.63, 3.8) is 0 Å². The summed E-state index contributed by atoms with van der Waals surface area (Å²) in [5.41, 5.74) is 2.76. The van der Waals surface area contributed by atoms with Gasteiger partial charge in [-0.05, 0) is 39.1 Å². The van der Waals surface area contributed by atoms with E-state index >= 15 is 0 Å². The van der Waals surface area contributed by atoms with E-state index < -0.39 is 0 Å². The summed E-state index contributed by atoms with van der Waals surface area (Å²) in [6.07, 6.45) is 2.97. The Kier molecular flexibility index (Phi) is 3.88. The Bertz CT molecular complexity index is 921. The molecule has 0 nitrogen and oxygen atoms in total. The van der Waals surface area contributed by atoms with Gasteiger partial charge in [-0.25, -0.2) is 0 Å². The highest BCUT2D eigenvalue weighted by atomic mass is 14.2.